The number of likely N-dealkylation sites (tertiary alicyclic amines) is 1. The van der Waals surface area contributed by atoms with Crippen LogP contribution in [0.5, 0.6) is 5.75 Å². The predicted octanol–water partition coefficient (Wildman–Crippen LogP) is 1.86. The molecule has 1 fully saturated rings. The van der Waals surface area contributed by atoms with E-state index in [1.54, 1.807) is 11.8 Å². The highest BCUT2D eigenvalue weighted by atomic mass is 16.5. The van der Waals surface area contributed by atoms with E-state index in [-0.39, 0.29) is 18.4 Å². The Kier molecular flexibility index (Phi) is 4.50. The molecule has 1 saturated heterocycles. The van der Waals surface area contributed by atoms with Crippen LogP contribution in [0, 0.1) is 25.7 Å². The molecule has 1 amide bonds. The van der Waals surface area contributed by atoms with Gasteiger partial charge in [0.1, 0.15) is 5.75 Å². The van der Waals surface area contributed by atoms with Crippen molar-refractivity contribution >= 4 is 11.9 Å². The van der Waals surface area contributed by atoms with Gasteiger partial charge >= 0.3 is 5.97 Å². The molecule has 0 aliphatic carbocycles. The van der Waals surface area contributed by atoms with Gasteiger partial charge in [-0.05, 0) is 37.1 Å². The quantitative estimate of drug-likeness (QED) is 0.899. The molecule has 1 unspecified atom stereocenters. The zero-order valence-electron chi connectivity index (χ0n) is 12.6. The third-order valence-corrected chi connectivity index (χ3v) is 4.20. The van der Waals surface area contributed by atoms with E-state index in [1.165, 1.54) is 5.56 Å². The van der Waals surface area contributed by atoms with Gasteiger partial charge in [0.25, 0.3) is 5.91 Å². The Morgan fingerprint density at radius 1 is 1.33 bits per heavy atom. The van der Waals surface area contributed by atoms with Gasteiger partial charge in [0.05, 0.1) is 5.92 Å². The average molecular weight is 291 g/mol. The molecule has 1 aliphatic heterocycles. The lowest BCUT2D eigenvalue weighted by Gasteiger charge is -2.41. The maximum atomic E-state index is 11.9. The Labute approximate surface area is 124 Å². The van der Waals surface area contributed by atoms with Crippen molar-refractivity contribution in [2.45, 2.75) is 20.8 Å². The number of hydrogen-bond acceptors (Lipinski definition) is 3. The second-order valence-corrected chi connectivity index (χ2v) is 5.72. The highest BCUT2D eigenvalue weighted by molar-refractivity contribution is 5.79. The molecule has 114 valence electrons. The van der Waals surface area contributed by atoms with E-state index in [0.29, 0.717) is 18.8 Å². The van der Waals surface area contributed by atoms with Crippen molar-refractivity contribution in [2.75, 3.05) is 19.7 Å². The number of aryl methyl sites for hydroxylation is 2. The summed E-state index contributed by atoms with van der Waals surface area (Å²) >= 11 is 0. The van der Waals surface area contributed by atoms with Gasteiger partial charge in [-0.2, -0.15) is 0 Å². The van der Waals surface area contributed by atoms with Gasteiger partial charge in [-0.1, -0.05) is 13.0 Å². The first-order valence-corrected chi connectivity index (χ1v) is 7.09. The van der Waals surface area contributed by atoms with Crippen LogP contribution in [0.2, 0.25) is 0 Å². The molecule has 0 bridgehead atoms. The van der Waals surface area contributed by atoms with Crippen LogP contribution in [0.4, 0.5) is 0 Å². The molecule has 21 heavy (non-hydrogen) atoms. The Morgan fingerprint density at radius 2 is 2.00 bits per heavy atom. The smallest absolute Gasteiger partial charge is 0.306 e. The molecule has 1 heterocycles. The lowest BCUT2D eigenvalue weighted by atomic mass is 9.87. The Bertz CT molecular complexity index is 549. The molecule has 0 spiro atoms. The van der Waals surface area contributed by atoms with E-state index in [1.807, 2.05) is 32.0 Å². The number of rotatable bonds is 5. The number of carbonyl (C=O) groups is 2. The van der Waals surface area contributed by atoms with E-state index in [9.17, 15) is 9.59 Å². The number of hydrogen-bond donors (Lipinski definition) is 1. The van der Waals surface area contributed by atoms with Crippen LogP contribution in [-0.2, 0) is 9.59 Å². The lowest BCUT2D eigenvalue weighted by Crippen LogP contribution is -2.54. The SMILES string of the molecule is Cc1ccc(OCC(=O)N2CC(C(C)C(=O)O)C2)cc1C. The van der Waals surface area contributed by atoms with Crippen molar-refractivity contribution in [3.05, 3.63) is 29.3 Å². The number of carboxylic acid groups (broad SMARTS) is 1. The van der Waals surface area contributed by atoms with E-state index in [4.69, 9.17) is 9.84 Å². The molecule has 0 aromatic heterocycles. The van der Waals surface area contributed by atoms with Gasteiger partial charge in [-0.15, -0.1) is 0 Å². The fourth-order valence-corrected chi connectivity index (χ4v) is 2.27. The topological polar surface area (TPSA) is 66.8 Å². The van der Waals surface area contributed by atoms with Crippen LogP contribution in [-0.4, -0.2) is 41.6 Å². The Hall–Kier alpha value is -2.04. The zero-order chi connectivity index (χ0) is 15.6. The highest BCUT2D eigenvalue weighted by Gasteiger charge is 2.37. The van der Waals surface area contributed by atoms with Gasteiger partial charge in [0.15, 0.2) is 6.61 Å². The number of ether oxygens (including phenoxy) is 1. The summed E-state index contributed by atoms with van der Waals surface area (Å²) in [6, 6.07) is 5.72. The number of aliphatic carboxylic acids is 1. The molecule has 0 saturated carbocycles. The van der Waals surface area contributed by atoms with Crippen molar-refractivity contribution in [1.29, 1.82) is 0 Å². The van der Waals surface area contributed by atoms with Crippen LogP contribution in [0.3, 0.4) is 0 Å². The number of carboxylic acids is 1. The third kappa shape index (κ3) is 3.54. The van der Waals surface area contributed by atoms with E-state index in [0.717, 1.165) is 5.56 Å². The summed E-state index contributed by atoms with van der Waals surface area (Å²) in [5.41, 5.74) is 2.31. The monoisotopic (exact) mass is 291 g/mol. The maximum Gasteiger partial charge on any atom is 0.306 e. The van der Waals surface area contributed by atoms with Crippen LogP contribution in [0.1, 0.15) is 18.1 Å². The number of benzene rings is 1. The lowest BCUT2D eigenvalue weighted by molar-refractivity contribution is -0.151. The average Bonchev–Trinajstić information content (AvgIpc) is 2.38. The Balaban J connectivity index is 1.79. The van der Waals surface area contributed by atoms with Crippen LogP contribution >= 0.6 is 0 Å². The van der Waals surface area contributed by atoms with E-state index < -0.39 is 11.9 Å². The van der Waals surface area contributed by atoms with E-state index >= 15 is 0 Å². The minimum atomic E-state index is -0.807. The van der Waals surface area contributed by atoms with Gasteiger partial charge in [0.2, 0.25) is 0 Å². The standard InChI is InChI=1S/C16H21NO4/c1-10-4-5-14(6-11(10)2)21-9-15(18)17-7-13(8-17)12(3)16(19)20/h4-6,12-13H,7-9H2,1-3H3,(H,19,20). The van der Waals surface area contributed by atoms with Gasteiger partial charge in [0, 0.05) is 19.0 Å². The van der Waals surface area contributed by atoms with Gasteiger partial charge in [-0.25, -0.2) is 0 Å². The molecule has 1 aromatic rings. The summed E-state index contributed by atoms with van der Waals surface area (Å²) in [6.45, 7) is 6.70. The number of nitrogens with zero attached hydrogens (tertiary/aromatic N) is 1. The van der Waals surface area contributed by atoms with Crippen LogP contribution in [0.25, 0.3) is 0 Å². The minimum absolute atomic E-state index is 0.00330. The molecule has 1 atom stereocenters. The van der Waals surface area contributed by atoms with Gasteiger partial charge in [-0.3, -0.25) is 9.59 Å². The number of carbonyl (C=O) groups excluding carboxylic acids is 1. The van der Waals surface area contributed by atoms with Crippen molar-refractivity contribution in [3.63, 3.8) is 0 Å². The molecular formula is C16H21NO4. The Morgan fingerprint density at radius 3 is 2.57 bits per heavy atom. The fraction of sp³-hybridized carbons (Fsp3) is 0.500. The van der Waals surface area contributed by atoms with Crippen molar-refractivity contribution < 1.29 is 19.4 Å². The normalized spacial score (nSPS) is 16.2. The second kappa shape index (κ2) is 6.16. The molecule has 5 heteroatoms. The maximum absolute atomic E-state index is 11.9. The summed E-state index contributed by atoms with van der Waals surface area (Å²) in [4.78, 5) is 24.4. The van der Waals surface area contributed by atoms with Gasteiger partial charge < -0.3 is 14.7 Å². The largest absolute Gasteiger partial charge is 0.484 e. The molecule has 1 aromatic carbocycles. The summed E-state index contributed by atoms with van der Waals surface area (Å²) in [6.07, 6.45) is 0. The molecule has 1 N–H and O–H groups in total. The third-order valence-electron chi connectivity index (χ3n) is 4.20. The summed E-state index contributed by atoms with van der Waals surface area (Å²) < 4.78 is 5.50. The zero-order valence-corrected chi connectivity index (χ0v) is 12.6. The first kappa shape index (κ1) is 15.4. The summed E-state index contributed by atoms with van der Waals surface area (Å²) in [7, 11) is 0. The first-order chi connectivity index (χ1) is 9.88. The van der Waals surface area contributed by atoms with Crippen LogP contribution < -0.4 is 4.74 Å². The highest BCUT2D eigenvalue weighted by Crippen LogP contribution is 2.24. The molecule has 2 rings (SSSR count). The summed E-state index contributed by atoms with van der Waals surface area (Å²) in [5.74, 6) is -0.578. The fourth-order valence-electron chi connectivity index (χ4n) is 2.27. The first-order valence-electron chi connectivity index (χ1n) is 7.09. The number of amides is 1. The molecular weight excluding hydrogens is 270 g/mol. The molecule has 5 nitrogen and oxygen atoms in total. The minimum Gasteiger partial charge on any atom is -0.484 e. The predicted molar refractivity (Wildman–Crippen MR) is 78.3 cm³/mol. The van der Waals surface area contributed by atoms with E-state index in [2.05, 4.69) is 0 Å². The van der Waals surface area contributed by atoms with Crippen molar-refractivity contribution in [3.8, 4) is 5.75 Å². The second-order valence-electron chi connectivity index (χ2n) is 5.72. The molecule has 0 radical (unpaired) electrons. The summed E-state index contributed by atoms with van der Waals surface area (Å²) in [5, 5.41) is 8.91. The van der Waals surface area contributed by atoms with Crippen LogP contribution in [0.15, 0.2) is 18.2 Å². The van der Waals surface area contributed by atoms with Crippen molar-refractivity contribution in [2.24, 2.45) is 11.8 Å². The molecule has 1 aliphatic rings. The van der Waals surface area contributed by atoms with Crippen molar-refractivity contribution in [1.82, 2.24) is 4.90 Å².